The zero-order valence-corrected chi connectivity index (χ0v) is 9.11. The van der Waals surface area contributed by atoms with Crippen LogP contribution in [0.1, 0.15) is 45.4 Å². The smallest absolute Gasteiger partial charge is 0.0998 e. The summed E-state index contributed by atoms with van der Waals surface area (Å²) in [4.78, 5) is 2.62. The molecule has 2 aliphatic heterocycles. The maximum atomic E-state index is 5.97. The Bertz CT molecular complexity index is 216. The summed E-state index contributed by atoms with van der Waals surface area (Å²) in [5.74, 6) is 0.867. The first-order chi connectivity index (χ1) is 6.86. The quantitative estimate of drug-likeness (QED) is 0.588. The Balaban J connectivity index is 1.79. The summed E-state index contributed by atoms with van der Waals surface area (Å²) in [7, 11) is 0. The first-order valence-electron chi connectivity index (χ1n) is 6.23. The maximum Gasteiger partial charge on any atom is 0.0998 e. The van der Waals surface area contributed by atoms with Gasteiger partial charge in [-0.15, -0.1) is 0 Å². The van der Waals surface area contributed by atoms with E-state index in [9.17, 15) is 0 Å². The Morgan fingerprint density at radius 2 is 1.93 bits per heavy atom. The third-order valence-electron chi connectivity index (χ3n) is 4.55. The topological polar surface area (TPSA) is 12.5 Å². The summed E-state index contributed by atoms with van der Waals surface area (Å²) in [6, 6.07) is 1.62. The van der Waals surface area contributed by atoms with Crippen molar-refractivity contribution in [2.24, 2.45) is 5.92 Å². The molecule has 0 bridgehead atoms. The minimum Gasteiger partial charge on any atom is -0.362 e. The van der Waals surface area contributed by atoms with Gasteiger partial charge in [-0.25, -0.2) is 0 Å². The van der Waals surface area contributed by atoms with Crippen molar-refractivity contribution in [2.45, 2.75) is 63.6 Å². The van der Waals surface area contributed by atoms with E-state index in [0.717, 1.165) is 24.7 Å². The fourth-order valence-electron chi connectivity index (χ4n) is 3.75. The lowest BCUT2D eigenvalue weighted by Crippen LogP contribution is -2.55. The monoisotopic (exact) mass is 195 g/mol. The van der Waals surface area contributed by atoms with Crippen molar-refractivity contribution in [3.63, 3.8) is 0 Å². The van der Waals surface area contributed by atoms with Gasteiger partial charge in [-0.05, 0) is 32.6 Å². The Morgan fingerprint density at radius 3 is 2.86 bits per heavy atom. The molecule has 0 amide bonds. The summed E-state index contributed by atoms with van der Waals surface area (Å²) in [6.45, 7) is 3.28. The summed E-state index contributed by atoms with van der Waals surface area (Å²) in [5.41, 5.74) is 0. The van der Waals surface area contributed by atoms with Gasteiger partial charge in [0.25, 0.3) is 0 Å². The molecule has 0 N–H and O–H groups in total. The van der Waals surface area contributed by atoms with Crippen LogP contribution in [0.25, 0.3) is 0 Å². The third-order valence-corrected chi connectivity index (χ3v) is 4.55. The first-order valence-corrected chi connectivity index (χ1v) is 6.23. The van der Waals surface area contributed by atoms with Crippen LogP contribution in [0.15, 0.2) is 0 Å². The summed E-state index contributed by atoms with van der Waals surface area (Å²) in [5, 5.41) is 0. The van der Waals surface area contributed by atoms with Gasteiger partial charge >= 0.3 is 0 Å². The first kappa shape index (κ1) is 9.17. The van der Waals surface area contributed by atoms with Crippen LogP contribution in [-0.4, -0.2) is 29.8 Å². The molecule has 2 heterocycles. The zero-order valence-electron chi connectivity index (χ0n) is 9.11. The molecule has 80 valence electrons. The fourth-order valence-corrected chi connectivity index (χ4v) is 3.75. The average Bonchev–Trinajstić information content (AvgIpc) is 2.66. The zero-order chi connectivity index (χ0) is 9.54. The molecule has 0 aromatic rings. The summed E-state index contributed by atoms with van der Waals surface area (Å²) in [6.07, 6.45) is 8.98. The van der Waals surface area contributed by atoms with Crippen molar-refractivity contribution in [1.29, 1.82) is 0 Å². The number of piperidine rings is 1. The van der Waals surface area contributed by atoms with E-state index in [2.05, 4.69) is 11.8 Å². The Labute approximate surface area is 86.6 Å². The van der Waals surface area contributed by atoms with Gasteiger partial charge in [0.15, 0.2) is 0 Å². The summed E-state index contributed by atoms with van der Waals surface area (Å²) < 4.78 is 5.97. The number of ether oxygens (including phenoxy) is 1. The molecule has 2 nitrogen and oxygen atoms in total. The minimum atomic E-state index is 0.613. The molecule has 1 saturated carbocycles. The van der Waals surface area contributed by atoms with Gasteiger partial charge in [-0.2, -0.15) is 0 Å². The van der Waals surface area contributed by atoms with E-state index in [-0.39, 0.29) is 0 Å². The van der Waals surface area contributed by atoms with Crippen molar-refractivity contribution in [3.05, 3.63) is 0 Å². The Morgan fingerprint density at radius 1 is 1.07 bits per heavy atom. The van der Waals surface area contributed by atoms with Crippen molar-refractivity contribution in [1.82, 2.24) is 4.90 Å². The van der Waals surface area contributed by atoms with E-state index in [0.29, 0.717) is 6.10 Å². The second kappa shape index (κ2) is 3.49. The molecule has 4 atom stereocenters. The molecule has 0 radical (unpaired) electrons. The third kappa shape index (κ3) is 1.31. The highest BCUT2D eigenvalue weighted by atomic mass is 16.5. The van der Waals surface area contributed by atoms with Crippen LogP contribution in [0.4, 0.5) is 0 Å². The summed E-state index contributed by atoms with van der Waals surface area (Å²) >= 11 is 0. The van der Waals surface area contributed by atoms with Gasteiger partial charge in [0.2, 0.25) is 0 Å². The molecule has 3 fully saturated rings. The number of nitrogens with zero attached hydrogens (tertiary/aromatic N) is 1. The number of hydrogen-bond acceptors (Lipinski definition) is 2. The predicted molar refractivity (Wildman–Crippen MR) is 56.0 cm³/mol. The molecule has 14 heavy (non-hydrogen) atoms. The van der Waals surface area contributed by atoms with Crippen molar-refractivity contribution < 1.29 is 4.74 Å². The highest BCUT2D eigenvalue weighted by Gasteiger charge is 2.43. The van der Waals surface area contributed by atoms with Crippen LogP contribution in [0.2, 0.25) is 0 Å². The highest BCUT2D eigenvalue weighted by Crippen LogP contribution is 2.41. The van der Waals surface area contributed by atoms with Gasteiger partial charge in [-0.3, -0.25) is 4.90 Å². The second-order valence-corrected chi connectivity index (χ2v) is 5.29. The van der Waals surface area contributed by atoms with E-state index >= 15 is 0 Å². The van der Waals surface area contributed by atoms with Crippen molar-refractivity contribution in [2.75, 3.05) is 6.73 Å². The van der Waals surface area contributed by atoms with E-state index in [1.165, 1.54) is 38.5 Å². The molecule has 0 aromatic carbocycles. The van der Waals surface area contributed by atoms with Crippen LogP contribution in [0.3, 0.4) is 0 Å². The van der Waals surface area contributed by atoms with E-state index in [1.807, 2.05) is 0 Å². The maximum absolute atomic E-state index is 5.97. The molecule has 3 aliphatic rings. The van der Waals surface area contributed by atoms with Crippen LogP contribution in [0, 0.1) is 5.92 Å². The number of fused-ring (bicyclic) bond motifs is 3. The van der Waals surface area contributed by atoms with Gasteiger partial charge in [0.1, 0.15) is 0 Å². The number of rotatable bonds is 0. The lowest BCUT2D eigenvalue weighted by Gasteiger charge is -2.48. The van der Waals surface area contributed by atoms with Crippen LogP contribution in [0.5, 0.6) is 0 Å². The lowest BCUT2D eigenvalue weighted by atomic mass is 9.85. The van der Waals surface area contributed by atoms with E-state index < -0.39 is 0 Å². The van der Waals surface area contributed by atoms with E-state index in [4.69, 9.17) is 4.74 Å². The highest BCUT2D eigenvalue weighted by molar-refractivity contribution is 4.95. The molecular formula is C12H21NO. The molecule has 2 saturated heterocycles. The van der Waals surface area contributed by atoms with Gasteiger partial charge in [-0.1, -0.05) is 12.8 Å². The predicted octanol–water partition coefficient (Wildman–Crippen LogP) is 2.39. The van der Waals surface area contributed by atoms with Crippen LogP contribution < -0.4 is 0 Å². The largest absolute Gasteiger partial charge is 0.362 e. The van der Waals surface area contributed by atoms with E-state index in [1.54, 1.807) is 0 Å². The van der Waals surface area contributed by atoms with Crippen molar-refractivity contribution >= 4 is 0 Å². The Hall–Kier alpha value is -0.0800. The molecule has 0 aromatic heterocycles. The number of hydrogen-bond donors (Lipinski definition) is 0. The van der Waals surface area contributed by atoms with Crippen molar-refractivity contribution in [3.8, 4) is 0 Å². The molecule has 1 aliphatic carbocycles. The fraction of sp³-hybridized carbons (Fsp3) is 1.00. The van der Waals surface area contributed by atoms with Crippen LogP contribution in [-0.2, 0) is 4.74 Å². The molecule has 3 rings (SSSR count). The van der Waals surface area contributed by atoms with Gasteiger partial charge in [0.05, 0.1) is 12.8 Å². The van der Waals surface area contributed by atoms with Gasteiger partial charge in [0, 0.05) is 18.0 Å². The SMILES string of the molecule is C[C@H]1CCC[C@H]2[C@@H]3CCC[C@H]3OCN12. The van der Waals surface area contributed by atoms with Gasteiger partial charge < -0.3 is 4.74 Å². The molecular weight excluding hydrogens is 174 g/mol. The van der Waals surface area contributed by atoms with Crippen LogP contribution >= 0.6 is 0 Å². The Kier molecular flexibility index (Phi) is 2.29. The second-order valence-electron chi connectivity index (χ2n) is 5.29. The molecule has 2 heteroatoms. The standard InChI is InChI=1S/C12H21NO/c1-9-4-2-6-11-10-5-3-7-12(10)14-8-13(9)11/h9-12H,2-8H2,1H3/t9-,10-,11-,12+/m0/s1. The minimum absolute atomic E-state index is 0.613. The molecule has 0 spiro atoms. The average molecular weight is 195 g/mol. The molecule has 0 unspecified atom stereocenters. The lowest BCUT2D eigenvalue weighted by molar-refractivity contribution is -0.148. The normalized spacial score (nSPS) is 48.6.